The van der Waals surface area contributed by atoms with E-state index in [2.05, 4.69) is 0 Å². The van der Waals surface area contributed by atoms with E-state index in [4.69, 9.17) is 10.7 Å². The van der Waals surface area contributed by atoms with E-state index in [0.29, 0.717) is 12.8 Å². The van der Waals surface area contributed by atoms with Crippen LogP contribution in [0.25, 0.3) is 0 Å². The van der Waals surface area contributed by atoms with E-state index in [1.165, 1.54) is 0 Å². The summed E-state index contributed by atoms with van der Waals surface area (Å²) >= 11 is 0. The molecule has 0 amide bonds. The molecule has 1 aliphatic carbocycles. The van der Waals surface area contributed by atoms with Crippen LogP contribution in [-0.2, 0) is 9.05 Å². The Morgan fingerprint density at radius 1 is 1.13 bits per heavy atom. The molecule has 0 unspecified atom stereocenters. The van der Waals surface area contributed by atoms with Gasteiger partial charge in [0.25, 0.3) is 14.7 Å². The molecule has 15 heavy (non-hydrogen) atoms. The first-order chi connectivity index (χ1) is 6.93. The molecule has 0 heterocycles. The second kappa shape index (κ2) is 4.94. The first kappa shape index (κ1) is 12.4. The molecule has 0 aromatic heterocycles. The lowest BCUT2D eigenvalue weighted by Crippen LogP contribution is -2.10. The summed E-state index contributed by atoms with van der Waals surface area (Å²) in [6.07, 6.45) is 3.44. The zero-order chi connectivity index (χ0) is 11.5. The van der Waals surface area contributed by atoms with Crippen LogP contribution < -0.4 is 0 Å². The zero-order valence-electron chi connectivity index (χ0n) is 8.11. The summed E-state index contributed by atoms with van der Waals surface area (Å²) in [5.41, 5.74) is -0.232. The van der Waals surface area contributed by atoms with Crippen molar-refractivity contribution >= 4 is 19.7 Å². The standard InChI is InChI=1S/C8H12ClNO4S/c9-15(13,14)8-6-4-2-1-3-5-7(8)10(11)12/h1-6H2/b8-7-. The molecule has 0 saturated carbocycles. The minimum Gasteiger partial charge on any atom is -0.259 e. The van der Waals surface area contributed by atoms with Crippen molar-refractivity contribution in [1.29, 1.82) is 0 Å². The van der Waals surface area contributed by atoms with Gasteiger partial charge in [-0.3, -0.25) is 10.1 Å². The topological polar surface area (TPSA) is 77.3 Å². The van der Waals surface area contributed by atoms with E-state index in [-0.39, 0.29) is 23.4 Å². The van der Waals surface area contributed by atoms with Gasteiger partial charge in [0.1, 0.15) is 4.91 Å². The van der Waals surface area contributed by atoms with Crippen LogP contribution in [0.5, 0.6) is 0 Å². The molecule has 0 aromatic rings. The van der Waals surface area contributed by atoms with Crippen LogP contribution in [0.3, 0.4) is 0 Å². The number of hydrogen-bond acceptors (Lipinski definition) is 4. The molecular formula is C8H12ClNO4S. The van der Waals surface area contributed by atoms with Crippen LogP contribution in [0.4, 0.5) is 0 Å². The summed E-state index contributed by atoms with van der Waals surface area (Å²) in [6, 6.07) is 0. The number of halogens is 1. The van der Waals surface area contributed by atoms with E-state index >= 15 is 0 Å². The van der Waals surface area contributed by atoms with Crippen molar-refractivity contribution < 1.29 is 13.3 Å². The Kier molecular flexibility index (Phi) is 4.10. The maximum Gasteiger partial charge on any atom is 0.263 e. The Bertz CT molecular complexity index is 387. The van der Waals surface area contributed by atoms with Crippen molar-refractivity contribution in [2.24, 2.45) is 0 Å². The summed E-state index contributed by atoms with van der Waals surface area (Å²) < 4.78 is 22.3. The lowest BCUT2D eigenvalue weighted by atomic mass is 10.0. The molecule has 0 aromatic carbocycles. The van der Waals surface area contributed by atoms with Gasteiger partial charge >= 0.3 is 0 Å². The number of nitro groups is 1. The predicted octanol–water partition coefficient (Wildman–Crippen LogP) is 2.40. The average molecular weight is 254 g/mol. The minimum atomic E-state index is -3.95. The van der Waals surface area contributed by atoms with Gasteiger partial charge in [-0.25, -0.2) is 8.42 Å². The van der Waals surface area contributed by atoms with Crippen LogP contribution in [0.1, 0.15) is 38.5 Å². The second-order valence-corrected chi connectivity index (χ2v) is 6.07. The molecule has 0 bridgehead atoms. The Labute approximate surface area is 92.7 Å². The van der Waals surface area contributed by atoms with Gasteiger partial charge in [0.2, 0.25) is 0 Å². The van der Waals surface area contributed by atoms with E-state index in [1.54, 1.807) is 0 Å². The van der Waals surface area contributed by atoms with Crippen LogP contribution in [-0.4, -0.2) is 13.3 Å². The van der Waals surface area contributed by atoms with E-state index < -0.39 is 14.0 Å². The van der Waals surface area contributed by atoms with Gasteiger partial charge in [-0.2, -0.15) is 0 Å². The first-order valence-corrected chi connectivity index (χ1v) is 7.05. The van der Waals surface area contributed by atoms with Crippen molar-refractivity contribution in [1.82, 2.24) is 0 Å². The molecular weight excluding hydrogens is 242 g/mol. The molecule has 1 rings (SSSR count). The molecule has 0 spiro atoms. The Morgan fingerprint density at radius 3 is 2.13 bits per heavy atom. The van der Waals surface area contributed by atoms with Crippen molar-refractivity contribution in [3.8, 4) is 0 Å². The quantitative estimate of drug-likeness (QED) is 0.430. The fraction of sp³-hybridized carbons (Fsp3) is 0.750. The molecule has 5 nitrogen and oxygen atoms in total. The van der Waals surface area contributed by atoms with Crippen LogP contribution >= 0.6 is 10.7 Å². The highest BCUT2D eigenvalue weighted by atomic mass is 35.7. The van der Waals surface area contributed by atoms with Gasteiger partial charge in [0, 0.05) is 17.1 Å². The molecule has 0 saturated heterocycles. The SMILES string of the molecule is O=[N+]([O-])/C1=C(\S(=O)(=O)Cl)CCCCCC1. The molecule has 86 valence electrons. The number of hydrogen-bond donors (Lipinski definition) is 0. The molecule has 7 heteroatoms. The first-order valence-electron chi connectivity index (χ1n) is 4.74. The third-order valence-corrected chi connectivity index (χ3v) is 3.99. The average Bonchev–Trinajstić information content (AvgIpc) is 1.99. The summed E-state index contributed by atoms with van der Waals surface area (Å²) in [5, 5.41) is 10.7. The third kappa shape index (κ3) is 3.46. The maximum absolute atomic E-state index is 11.2. The Balaban J connectivity index is 3.16. The van der Waals surface area contributed by atoms with Crippen LogP contribution in [0.15, 0.2) is 10.6 Å². The highest BCUT2D eigenvalue weighted by molar-refractivity contribution is 8.16. The molecule has 0 N–H and O–H groups in total. The molecule has 0 radical (unpaired) electrons. The Hall–Kier alpha value is -0.620. The normalized spacial score (nSPS) is 24.3. The molecule has 0 atom stereocenters. The number of nitrogens with zero attached hydrogens (tertiary/aromatic N) is 1. The molecule has 0 fully saturated rings. The van der Waals surface area contributed by atoms with Gasteiger partial charge in [-0.1, -0.05) is 12.8 Å². The smallest absolute Gasteiger partial charge is 0.259 e. The zero-order valence-corrected chi connectivity index (χ0v) is 9.68. The molecule has 1 aliphatic rings. The van der Waals surface area contributed by atoms with Gasteiger partial charge in [-0.05, 0) is 19.3 Å². The molecule has 0 aliphatic heterocycles. The predicted molar refractivity (Wildman–Crippen MR) is 56.5 cm³/mol. The number of rotatable bonds is 2. The lowest BCUT2D eigenvalue weighted by Gasteiger charge is -2.09. The number of allylic oxidation sites excluding steroid dienone is 2. The van der Waals surface area contributed by atoms with Crippen molar-refractivity contribution in [2.75, 3.05) is 0 Å². The maximum atomic E-state index is 11.2. The van der Waals surface area contributed by atoms with Crippen molar-refractivity contribution in [2.45, 2.75) is 38.5 Å². The minimum absolute atomic E-state index is 0.183. The second-order valence-electron chi connectivity index (χ2n) is 3.48. The van der Waals surface area contributed by atoms with E-state index in [1.807, 2.05) is 0 Å². The van der Waals surface area contributed by atoms with Crippen LogP contribution in [0.2, 0.25) is 0 Å². The van der Waals surface area contributed by atoms with Crippen molar-refractivity contribution in [3.63, 3.8) is 0 Å². The largest absolute Gasteiger partial charge is 0.263 e. The van der Waals surface area contributed by atoms with Crippen LogP contribution in [0, 0.1) is 10.1 Å². The van der Waals surface area contributed by atoms with Gasteiger partial charge in [-0.15, -0.1) is 0 Å². The highest BCUT2D eigenvalue weighted by Gasteiger charge is 2.28. The third-order valence-electron chi connectivity index (χ3n) is 2.40. The van der Waals surface area contributed by atoms with Crippen molar-refractivity contribution in [3.05, 3.63) is 20.7 Å². The van der Waals surface area contributed by atoms with E-state index in [9.17, 15) is 18.5 Å². The lowest BCUT2D eigenvalue weighted by molar-refractivity contribution is -0.428. The fourth-order valence-corrected chi connectivity index (χ4v) is 3.02. The van der Waals surface area contributed by atoms with Gasteiger partial charge in [0.05, 0.1) is 4.92 Å². The summed E-state index contributed by atoms with van der Waals surface area (Å²) in [7, 11) is 1.24. The highest BCUT2D eigenvalue weighted by Crippen LogP contribution is 2.29. The summed E-state index contributed by atoms with van der Waals surface area (Å²) in [5.74, 6) is 0. The Morgan fingerprint density at radius 2 is 1.67 bits per heavy atom. The summed E-state index contributed by atoms with van der Waals surface area (Å²) in [4.78, 5) is 9.88. The van der Waals surface area contributed by atoms with E-state index in [0.717, 1.165) is 12.8 Å². The monoisotopic (exact) mass is 253 g/mol. The van der Waals surface area contributed by atoms with Gasteiger partial charge in [0.15, 0.2) is 0 Å². The fourth-order valence-electron chi connectivity index (χ4n) is 1.67. The summed E-state index contributed by atoms with van der Waals surface area (Å²) in [6.45, 7) is 0. The van der Waals surface area contributed by atoms with Gasteiger partial charge < -0.3 is 0 Å².